The molecule has 0 heterocycles. The van der Waals surface area contributed by atoms with E-state index in [1.165, 1.54) is 14.0 Å². The zero-order valence-corrected chi connectivity index (χ0v) is 16.4. The number of methoxy groups -OCH3 is 1. The summed E-state index contributed by atoms with van der Waals surface area (Å²) in [7, 11) is 1.40. The van der Waals surface area contributed by atoms with Crippen LogP contribution in [-0.2, 0) is 28.7 Å². The molecule has 26 heavy (non-hydrogen) atoms. The molecule has 3 fully saturated rings. The van der Waals surface area contributed by atoms with Gasteiger partial charge in [0.2, 0.25) is 0 Å². The van der Waals surface area contributed by atoms with Gasteiger partial charge in [-0.3, -0.25) is 19.2 Å². The fraction of sp³-hybridized carbons (Fsp3) is 0.800. The van der Waals surface area contributed by atoms with Crippen molar-refractivity contribution >= 4 is 23.5 Å². The van der Waals surface area contributed by atoms with Crippen LogP contribution in [0.2, 0.25) is 0 Å². The van der Waals surface area contributed by atoms with Crippen molar-refractivity contribution in [3.05, 3.63) is 0 Å². The van der Waals surface area contributed by atoms with Crippen LogP contribution in [0.1, 0.15) is 66.2 Å². The van der Waals surface area contributed by atoms with E-state index in [9.17, 15) is 19.2 Å². The number of hydrogen-bond donors (Lipinski definition) is 0. The van der Waals surface area contributed by atoms with Gasteiger partial charge in [-0.1, -0.05) is 0 Å². The second-order valence-electron chi connectivity index (χ2n) is 8.82. The number of ether oxygens (including phenoxy) is 2. The lowest BCUT2D eigenvalue weighted by molar-refractivity contribution is -0.167. The third-order valence-corrected chi connectivity index (χ3v) is 5.76. The van der Waals surface area contributed by atoms with E-state index in [2.05, 4.69) is 0 Å². The van der Waals surface area contributed by atoms with Crippen LogP contribution in [0.5, 0.6) is 0 Å². The van der Waals surface area contributed by atoms with Gasteiger partial charge in [0.05, 0.1) is 12.5 Å². The van der Waals surface area contributed by atoms with Crippen LogP contribution in [0.3, 0.4) is 0 Å². The van der Waals surface area contributed by atoms with E-state index >= 15 is 0 Å². The van der Waals surface area contributed by atoms with Gasteiger partial charge in [-0.25, -0.2) is 0 Å². The number of Topliss-reactive ketones (excluding diaryl/α,β-unsaturated/α-hetero) is 2. The van der Waals surface area contributed by atoms with E-state index in [0.29, 0.717) is 12.3 Å². The summed E-state index contributed by atoms with van der Waals surface area (Å²) in [4.78, 5) is 49.3. The van der Waals surface area contributed by atoms with Crippen molar-refractivity contribution in [3.8, 4) is 0 Å². The molecule has 146 valence electrons. The first-order valence-corrected chi connectivity index (χ1v) is 9.33. The number of hydrogen-bond acceptors (Lipinski definition) is 6. The fourth-order valence-corrected chi connectivity index (χ4v) is 4.54. The Labute approximate surface area is 155 Å². The maximum atomic E-state index is 12.8. The minimum absolute atomic E-state index is 0.00777. The highest BCUT2D eigenvalue weighted by molar-refractivity contribution is 6.16. The molecule has 0 spiro atoms. The third kappa shape index (κ3) is 4.33. The molecule has 0 amide bonds. The summed E-state index contributed by atoms with van der Waals surface area (Å²) in [5.41, 5.74) is -1.27. The molecular formula is C20H30O6. The number of rotatable bonds is 6. The van der Waals surface area contributed by atoms with Crippen LogP contribution >= 0.6 is 0 Å². The van der Waals surface area contributed by atoms with Crippen LogP contribution in [0.4, 0.5) is 0 Å². The molecule has 3 aliphatic carbocycles. The first-order chi connectivity index (χ1) is 12.0. The summed E-state index contributed by atoms with van der Waals surface area (Å²) in [6, 6.07) is 0. The molecule has 0 aromatic rings. The van der Waals surface area contributed by atoms with E-state index < -0.39 is 34.5 Å². The summed E-state index contributed by atoms with van der Waals surface area (Å²) in [6.07, 6.45) is 4.06. The second-order valence-corrected chi connectivity index (χ2v) is 8.82. The van der Waals surface area contributed by atoms with Crippen molar-refractivity contribution in [2.75, 3.05) is 7.11 Å². The molecule has 6 heteroatoms. The van der Waals surface area contributed by atoms with Crippen molar-refractivity contribution in [1.82, 2.24) is 0 Å². The van der Waals surface area contributed by atoms with E-state index in [1.54, 1.807) is 20.8 Å². The Hall–Kier alpha value is -1.72. The first kappa shape index (κ1) is 20.6. The van der Waals surface area contributed by atoms with Crippen LogP contribution < -0.4 is 0 Å². The molecule has 0 N–H and O–H groups in total. The molecule has 0 aliphatic heterocycles. The van der Waals surface area contributed by atoms with Crippen LogP contribution in [0.15, 0.2) is 0 Å². The van der Waals surface area contributed by atoms with Crippen molar-refractivity contribution in [1.29, 1.82) is 0 Å². The predicted octanol–water partition coefficient (Wildman–Crippen LogP) is 2.86. The van der Waals surface area contributed by atoms with Gasteiger partial charge in [-0.05, 0) is 71.6 Å². The number of carbonyl (C=O) groups is 4. The van der Waals surface area contributed by atoms with E-state index in [0.717, 1.165) is 25.7 Å². The summed E-state index contributed by atoms with van der Waals surface area (Å²) in [5, 5.41) is 0. The van der Waals surface area contributed by atoms with Crippen molar-refractivity contribution < 1.29 is 28.7 Å². The smallest absolute Gasteiger partial charge is 0.324 e. The SMILES string of the molecule is COC(=O)C12CCC(CC1)C(CC(=O)C(C(C)=O)C(=O)OC(C)(C)C)C2. The van der Waals surface area contributed by atoms with Crippen molar-refractivity contribution in [2.45, 2.75) is 71.8 Å². The van der Waals surface area contributed by atoms with Gasteiger partial charge in [-0.2, -0.15) is 0 Å². The standard InChI is InChI=1S/C20H30O6/c1-12(21)16(17(23)26-19(2,3)4)15(22)10-14-11-20(18(24)25-5)8-6-13(14)7-9-20/h13-14,16H,6-11H2,1-5H3. The number of fused-ring (bicyclic) bond motifs is 3. The minimum atomic E-state index is -1.37. The Morgan fingerprint density at radius 1 is 1.12 bits per heavy atom. The Bertz CT molecular complexity index is 592. The quantitative estimate of drug-likeness (QED) is 0.531. The maximum absolute atomic E-state index is 12.8. The number of ketones is 2. The summed E-state index contributed by atoms with van der Waals surface area (Å²) in [5.74, 6) is -2.88. The Balaban J connectivity index is 2.11. The molecule has 2 atom stereocenters. The number of carbonyl (C=O) groups excluding carboxylic acids is 4. The summed E-state index contributed by atoms with van der Waals surface area (Å²) in [6.45, 7) is 6.35. The lowest BCUT2D eigenvalue weighted by atomic mass is 9.55. The van der Waals surface area contributed by atoms with E-state index in [1.807, 2.05) is 0 Å². The van der Waals surface area contributed by atoms with Crippen molar-refractivity contribution in [2.24, 2.45) is 23.2 Å². The van der Waals surface area contributed by atoms with Gasteiger partial charge in [0.25, 0.3) is 0 Å². The molecule has 2 bridgehead atoms. The average Bonchev–Trinajstić information content (AvgIpc) is 2.53. The zero-order chi connectivity index (χ0) is 19.7. The van der Waals surface area contributed by atoms with Gasteiger partial charge < -0.3 is 9.47 Å². The lowest BCUT2D eigenvalue weighted by Gasteiger charge is -2.49. The predicted molar refractivity (Wildman–Crippen MR) is 94.2 cm³/mol. The highest BCUT2D eigenvalue weighted by Crippen LogP contribution is 2.54. The molecule has 3 aliphatic rings. The van der Waals surface area contributed by atoms with Crippen molar-refractivity contribution in [3.63, 3.8) is 0 Å². The molecule has 3 rings (SSSR count). The molecule has 0 aromatic carbocycles. The van der Waals surface area contributed by atoms with Gasteiger partial charge in [0.15, 0.2) is 17.5 Å². The molecular weight excluding hydrogens is 336 g/mol. The molecule has 3 saturated carbocycles. The maximum Gasteiger partial charge on any atom is 0.324 e. The number of esters is 2. The Morgan fingerprint density at radius 2 is 1.69 bits per heavy atom. The molecule has 0 aromatic heterocycles. The van der Waals surface area contributed by atoms with Gasteiger partial charge in [-0.15, -0.1) is 0 Å². The highest BCUT2D eigenvalue weighted by Gasteiger charge is 2.52. The van der Waals surface area contributed by atoms with Gasteiger partial charge >= 0.3 is 11.9 Å². The molecule has 2 unspecified atom stereocenters. The minimum Gasteiger partial charge on any atom is -0.469 e. The second kappa shape index (κ2) is 7.49. The monoisotopic (exact) mass is 366 g/mol. The molecule has 0 radical (unpaired) electrons. The first-order valence-electron chi connectivity index (χ1n) is 9.33. The molecule has 6 nitrogen and oxygen atoms in total. The lowest BCUT2D eigenvalue weighted by Crippen LogP contribution is -2.47. The normalized spacial score (nSPS) is 29.0. The summed E-state index contributed by atoms with van der Waals surface area (Å²) >= 11 is 0. The van der Waals surface area contributed by atoms with Crippen LogP contribution in [0.25, 0.3) is 0 Å². The van der Waals surface area contributed by atoms with Gasteiger partial charge in [0, 0.05) is 6.42 Å². The summed E-state index contributed by atoms with van der Waals surface area (Å²) < 4.78 is 10.2. The third-order valence-electron chi connectivity index (χ3n) is 5.76. The van der Waals surface area contributed by atoms with Crippen LogP contribution in [-0.4, -0.2) is 36.2 Å². The largest absolute Gasteiger partial charge is 0.469 e. The van der Waals surface area contributed by atoms with Gasteiger partial charge in [0.1, 0.15) is 5.60 Å². The Kier molecular flexibility index (Phi) is 5.93. The molecule has 0 saturated heterocycles. The zero-order valence-electron chi connectivity index (χ0n) is 16.4. The Morgan fingerprint density at radius 3 is 2.15 bits per heavy atom. The van der Waals surface area contributed by atoms with E-state index in [-0.39, 0.29) is 18.3 Å². The fourth-order valence-electron chi connectivity index (χ4n) is 4.54. The van der Waals surface area contributed by atoms with E-state index in [4.69, 9.17) is 9.47 Å². The topological polar surface area (TPSA) is 86.7 Å². The van der Waals surface area contributed by atoms with Crippen LogP contribution in [0, 0.1) is 23.2 Å². The highest BCUT2D eigenvalue weighted by atomic mass is 16.6. The average molecular weight is 366 g/mol.